The molecule has 0 aromatic heterocycles. The number of carbonyl (C=O) groups excluding carboxylic acids is 7. The minimum absolute atomic E-state index is 0.502. The van der Waals surface area contributed by atoms with Gasteiger partial charge >= 0.3 is 35.8 Å². The average molecular weight is 620 g/mol. The van der Waals surface area contributed by atoms with Gasteiger partial charge in [-0.1, -0.05) is 0 Å². The van der Waals surface area contributed by atoms with E-state index in [1.165, 1.54) is 6.92 Å². The zero-order valence-corrected chi connectivity index (χ0v) is 25.0. The molecule has 2 aliphatic rings. The Kier molecular flexibility index (Phi) is 12.8. The van der Waals surface area contributed by atoms with Crippen LogP contribution in [0.25, 0.3) is 0 Å². The number of amides is 1. The van der Waals surface area contributed by atoms with Gasteiger partial charge in [-0.05, 0) is 6.92 Å². The smallest absolute Gasteiger partial charge is 0.305 e. The van der Waals surface area contributed by atoms with E-state index in [1.54, 1.807) is 0 Å². The Hall–Kier alpha value is -3.83. The lowest BCUT2D eigenvalue weighted by molar-refractivity contribution is -0.340. The normalized spacial score (nSPS) is 31.9. The Labute approximate surface area is 247 Å². The highest BCUT2D eigenvalue weighted by atomic mass is 16.8. The Morgan fingerprint density at radius 3 is 1.53 bits per heavy atom. The summed E-state index contributed by atoms with van der Waals surface area (Å²) in [6, 6.07) is -1.38. The molecule has 0 unspecified atom stereocenters. The van der Waals surface area contributed by atoms with Crippen molar-refractivity contribution in [3.63, 3.8) is 0 Å². The van der Waals surface area contributed by atoms with Gasteiger partial charge in [-0.3, -0.25) is 33.6 Å². The van der Waals surface area contributed by atoms with E-state index in [4.69, 9.17) is 42.6 Å². The van der Waals surface area contributed by atoms with Crippen molar-refractivity contribution >= 4 is 41.7 Å². The molecular weight excluding hydrogens is 582 g/mol. The highest BCUT2D eigenvalue weighted by Gasteiger charge is 2.56. The summed E-state index contributed by atoms with van der Waals surface area (Å²) in [6.07, 6.45) is -12.7. The molecule has 2 fully saturated rings. The molecule has 17 nitrogen and oxygen atoms in total. The van der Waals surface area contributed by atoms with Crippen LogP contribution in [0.15, 0.2) is 0 Å². The van der Waals surface area contributed by atoms with Crippen LogP contribution < -0.4 is 5.32 Å². The van der Waals surface area contributed by atoms with Gasteiger partial charge in [-0.25, -0.2) is 0 Å². The van der Waals surface area contributed by atoms with Crippen LogP contribution in [-0.4, -0.2) is 110 Å². The summed E-state index contributed by atoms with van der Waals surface area (Å²) < 4.78 is 49.9. The van der Waals surface area contributed by atoms with Crippen LogP contribution in [-0.2, 0) is 76.2 Å². The second-order valence-electron chi connectivity index (χ2n) is 9.79. The lowest BCUT2D eigenvalue weighted by Crippen LogP contribution is -2.69. The van der Waals surface area contributed by atoms with E-state index < -0.39 is 110 Å². The van der Waals surface area contributed by atoms with Crippen molar-refractivity contribution in [1.82, 2.24) is 5.32 Å². The molecule has 2 rings (SSSR count). The summed E-state index contributed by atoms with van der Waals surface area (Å²) in [5.74, 6) is -5.43. The van der Waals surface area contributed by atoms with Gasteiger partial charge in [0.15, 0.2) is 30.7 Å². The average Bonchev–Trinajstić information content (AvgIpc) is 2.84. The summed E-state index contributed by atoms with van der Waals surface area (Å²) >= 11 is 0. The summed E-state index contributed by atoms with van der Waals surface area (Å²) in [5, 5.41) is 2.53. The lowest BCUT2D eigenvalue weighted by Gasteiger charge is -2.48. The van der Waals surface area contributed by atoms with Crippen LogP contribution in [0.1, 0.15) is 55.4 Å². The van der Waals surface area contributed by atoms with Crippen molar-refractivity contribution in [2.75, 3.05) is 6.61 Å². The van der Waals surface area contributed by atoms with Gasteiger partial charge < -0.3 is 47.9 Å². The standard InChI is InChI=1S/C26H37NO16/c1-10-20(37-13(4)30)23(39-15(6)32)24(40-16(7)33)26(36-10)43-22-19(27-11(2)28)25(41-17(8)34)42-18(9-35-12(3)29)21(22)38-14(5)31/h10,18-26H,9H2,1-8H3,(H,27,28)/t10-,18-,19-,20+,21+,22-,23-,24-,25+,26-/m0/s1. The SMILES string of the molecule is CC(=O)N[C@@H]1[C@H](OC(C)=O)O[C@@H](COC(C)=O)[C@@H](OC(C)=O)[C@H]1O[C@@H]1O[C@@H](C)[C@@H](OC(C)=O)[C@H](OC(C)=O)[C@@H]1OC(C)=O. The van der Waals surface area contributed by atoms with E-state index in [1.807, 2.05) is 0 Å². The number of ether oxygens (including phenoxy) is 9. The van der Waals surface area contributed by atoms with Crippen LogP contribution in [0.5, 0.6) is 0 Å². The minimum atomic E-state index is -1.63. The molecule has 1 amide bonds. The third kappa shape index (κ3) is 10.4. The van der Waals surface area contributed by atoms with Crippen LogP contribution in [0.2, 0.25) is 0 Å². The van der Waals surface area contributed by atoms with Crippen LogP contribution >= 0.6 is 0 Å². The molecule has 1 N–H and O–H groups in total. The van der Waals surface area contributed by atoms with Crippen molar-refractivity contribution in [3.05, 3.63) is 0 Å². The monoisotopic (exact) mass is 619 g/mol. The highest BCUT2D eigenvalue weighted by Crippen LogP contribution is 2.34. The fourth-order valence-electron chi connectivity index (χ4n) is 4.62. The molecule has 2 aliphatic heterocycles. The van der Waals surface area contributed by atoms with Crippen molar-refractivity contribution in [2.45, 2.75) is 117 Å². The van der Waals surface area contributed by atoms with Gasteiger partial charge in [-0.2, -0.15) is 0 Å². The number of hydrogen-bond donors (Lipinski definition) is 1. The Morgan fingerprint density at radius 2 is 1.05 bits per heavy atom. The Morgan fingerprint density at radius 1 is 0.558 bits per heavy atom. The molecule has 2 saturated heterocycles. The van der Waals surface area contributed by atoms with Crippen molar-refractivity contribution < 1.29 is 76.2 Å². The predicted octanol–water partition coefficient (Wildman–Crippen LogP) is -0.801. The Balaban J connectivity index is 2.66. The summed E-state index contributed by atoms with van der Waals surface area (Å²) in [4.78, 5) is 84.0. The van der Waals surface area contributed by atoms with Gasteiger partial charge in [0.25, 0.3) is 0 Å². The predicted molar refractivity (Wildman–Crippen MR) is 136 cm³/mol. The minimum Gasteiger partial charge on any atom is -0.463 e. The number of esters is 6. The summed E-state index contributed by atoms with van der Waals surface area (Å²) in [5.41, 5.74) is 0. The molecule has 242 valence electrons. The first-order valence-corrected chi connectivity index (χ1v) is 13.2. The van der Waals surface area contributed by atoms with Crippen molar-refractivity contribution in [1.29, 1.82) is 0 Å². The first-order valence-electron chi connectivity index (χ1n) is 13.2. The van der Waals surface area contributed by atoms with Gasteiger partial charge in [0, 0.05) is 48.5 Å². The van der Waals surface area contributed by atoms with Crippen LogP contribution in [0, 0.1) is 0 Å². The summed E-state index contributed by atoms with van der Waals surface area (Å²) in [6.45, 7) is 8.64. The molecule has 0 bridgehead atoms. The molecule has 0 spiro atoms. The second-order valence-corrected chi connectivity index (χ2v) is 9.79. The quantitative estimate of drug-likeness (QED) is 0.234. The van der Waals surface area contributed by atoms with E-state index in [0.717, 1.165) is 48.5 Å². The van der Waals surface area contributed by atoms with E-state index in [2.05, 4.69) is 5.32 Å². The molecule has 0 aromatic rings. The summed E-state index contributed by atoms with van der Waals surface area (Å²) in [7, 11) is 0. The van der Waals surface area contributed by atoms with Gasteiger partial charge in [-0.15, -0.1) is 0 Å². The molecule has 10 atom stereocenters. The third-order valence-electron chi connectivity index (χ3n) is 5.98. The van der Waals surface area contributed by atoms with Gasteiger partial charge in [0.1, 0.15) is 24.9 Å². The number of carbonyl (C=O) groups is 7. The number of hydrogen-bond acceptors (Lipinski definition) is 16. The topological polar surface area (TPSA) is 215 Å². The van der Waals surface area contributed by atoms with Gasteiger partial charge in [0.2, 0.25) is 12.2 Å². The maximum atomic E-state index is 12.2. The van der Waals surface area contributed by atoms with Crippen LogP contribution in [0.3, 0.4) is 0 Å². The molecule has 0 saturated carbocycles. The molecule has 17 heteroatoms. The highest BCUT2D eigenvalue weighted by molar-refractivity contribution is 5.73. The maximum Gasteiger partial charge on any atom is 0.305 e. The Bertz CT molecular complexity index is 1060. The van der Waals surface area contributed by atoms with Crippen molar-refractivity contribution in [2.24, 2.45) is 0 Å². The van der Waals surface area contributed by atoms with Gasteiger partial charge in [0.05, 0.1) is 6.10 Å². The largest absolute Gasteiger partial charge is 0.463 e. The molecule has 2 heterocycles. The molecule has 43 heavy (non-hydrogen) atoms. The zero-order chi connectivity index (χ0) is 32.6. The zero-order valence-electron chi connectivity index (χ0n) is 25.0. The number of nitrogens with one attached hydrogen (secondary N) is 1. The van der Waals surface area contributed by atoms with Crippen LogP contribution in [0.4, 0.5) is 0 Å². The lowest BCUT2D eigenvalue weighted by atomic mass is 9.94. The molecule has 0 aromatic carbocycles. The fraction of sp³-hybridized carbons (Fsp3) is 0.731. The second kappa shape index (κ2) is 15.6. The third-order valence-corrected chi connectivity index (χ3v) is 5.98. The van der Waals surface area contributed by atoms with E-state index in [9.17, 15) is 33.6 Å². The first kappa shape index (κ1) is 35.4. The van der Waals surface area contributed by atoms with E-state index in [0.29, 0.717) is 0 Å². The van der Waals surface area contributed by atoms with Crippen molar-refractivity contribution in [3.8, 4) is 0 Å². The first-order chi connectivity index (χ1) is 20.0. The van der Waals surface area contributed by atoms with E-state index in [-0.39, 0.29) is 0 Å². The molecule has 0 aliphatic carbocycles. The maximum absolute atomic E-state index is 12.2. The fourth-order valence-corrected chi connectivity index (χ4v) is 4.62. The molecule has 0 radical (unpaired) electrons. The van der Waals surface area contributed by atoms with E-state index >= 15 is 0 Å². The molecular formula is C26H37NO16. The number of rotatable bonds is 10.